The van der Waals surface area contributed by atoms with Gasteiger partial charge in [-0.25, -0.2) is 0 Å². The third kappa shape index (κ3) is 5.60. The van der Waals surface area contributed by atoms with Crippen LogP contribution in [-0.2, 0) is 10.9 Å². The van der Waals surface area contributed by atoms with Crippen molar-refractivity contribution >= 4 is 11.8 Å². The Morgan fingerprint density at radius 2 is 1.94 bits per heavy atom. The zero-order valence-electron chi connectivity index (χ0n) is 18.5. The van der Waals surface area contributed by atoms with Crippen molar-refractivity contribution in [3.63, 3.8) is 0 Å². The van der Waals surface area contributed by atoms with E-state index in [1.165, 1.54) is 31.4 Å². The maximum atomic E-state index is 13.0. The number of morpholine rings is 1. The molecular formula is C23H21F3N4O5. The minimum Gasteiger partial charge on any atom is -0.497 e. The highest BCUT2D eigenvalue weighted by atomic mass is 19.4. The molecule has 0 radical (unpaired) electrons. The number of alkyl halides is 3. The molecule has 4 rings (SSSR count). The van der Waals surface area contributed by atoms with Gasteiger partial charge in [-0.2, -0.15) is 18.2 Å². The van der Waals surface area contributed by atoms with E-state index in [9.17, 15) is 22.8 Å². The van der Waals surface area contributed by atoms with Gasteiger partial charge in [-0.1, -0.05) is 23.4 Å². The Kier molecular flexibility index (Phi) is 7.01. The highest BCUT2D eigenvalue weighted by molar-refractivity contribution is 5.96. The summed E-state index contributed by atoms with van der Waals surface area (Å²) >= 11 is 0. The number of nitrogens with one attached hydrogen (secondary N) is 1. The number of carbonyl (C=O) groups is 2. The van der Waals surface area contributed by atoms with Crippen molar-refractivity contribution in [1.29, 1.82) is 0 Å². The van der Waals surface area contributed by atoms with Gasteiger partial charge in [0.25, 0.3) is 11.8 Å². The summed E-state index contributed by atoms with van der Waals surface area (Å²) in [5.74, 6) is -1.74. The predicted octanol–water partition coefficient (Wildman–Crippen LogP) is 3.04. The Labute approximate surface area is 197 Å². The van der Waals surface area contributed by atoms with Crippen molar-refractivity contribution in [1.82, 2.24) is 20.4 Å². The summed E-state index contributed by atoms with van der Waals surface area (Å²) in [5, 5.41) is 6.09. The summed E-state index contributed by atoms with van der Waals surface area (Å²) < 4.78 is 52.8. The van der Waals surface area contributed by atoms with Gasteiger partial charge in [0.05, 0.1) is 26.4 Å². The van der Waals surface area contributed by atoms with E-state index in [1.54, 1.807) is 29.2 Å². The first-order valence-electron chi connectivity index (χ1n) is 10.6. The van der Waals surface area contributed by atoms with Crippen molar-refractivity contribution in [3.8, 4) is 17.1 Å². The van der Waals surface area contributed by atoms with Crippen molar-refractivity contribution in [2.45, 2.75) is 12.2 Å². The lowest BCUT2D eigenvalue weighted by molar-refractivity contribution is -0.159. The van der Waals surface area contributed by atoms with E-state index in [1.807, 2.05) is 0 Å². The second kappa shape index (κ2) is 10.1. The summed E-state index contributed by atoms with van der Waals surface area (Å²) in [7, 11) is 1.52. The molecule has 1 fully saturated rings. The minimum atomic E-state index is -4.74. The number of halogens is 3. The van der Waals surface area contributed by atoms with Gasteiger partial charge in [0, 0.05) is 29.8 Å². The number of aromatic nitrogens is 2. The molecule has 1 aliphatic rings. The molecule has 1 aromatic heterocycles. The Balaban J connectivity index is 1.39. The van der Waals surface area contributed by atoms with E-state index >= 15 is 0 Å². The molecule has 0 unspecified atom stereocenters. The summed E-state index contributed by atoms with van der Waals surface area (Å²) in [5.41, 5.74) is 1.00. The molecule has 2 heterocycles. The maximum Gasteiger partial charge on any atom is 0.471 e. The number of methoxy groups -OCH3 is 1. The van der Waals surface area contributed by atoms with Gasteiger partial charge in [0.15, 0.2) is 0 Å². The van der Waals surface area contributed by atoms with Crippen molar-refractivity contribution in [2.24, 2.45) is 0 Å². The normalized spacial score (nSPS) is 16.1. The molecule has 0 aliphatic carbocycles. The minimum absolute atomic E-state index is 0.149. The predicted molar refractivity (Wildman–Crippen MR) is 116 cm³/mol. The number of ether oxygens (including phenoxy) is 2. The molecule has 2 amide bonds. The number of rotatable bonds is 6. The number of hydrogen-bond donors (Lipinski definition) is 1. The second-order valence-corrected chi connectivity index (χ2v) is 7.67. The van der Waals surface area contributed by atoms with Crippen LogP contribution in [0.4, 0.5) is 13.2 Å². The quantitative estimate of drug-likeness (QED) is 0.566. The summed E-state index contributed by atoms with van der Waals surface area (Å²) in [6.07, 6.45) is -4.74. The van der Waals surface area contributed by atoms with E-state index in [0.29, 0.717) is 24.5 Å². The van der Waals surface area contributed by atoms with E-state index < -0.39 is 18.0 Å². The highest BCUT2D eigenvalue weighted by Gasteiger charge is 2.38. The third-order valence-corrected chi connectivity index (χ3v) is 5.38. The first-order valence-corrected chi connectivity index (χ1v) is 10.6. The molecule has 184 valence electrons. The van der Waals surface area contributed by atoms with Gasteiger partial charge < -0.3 is 24.2 Å². The van der Waals surface area contributed by atoms with Gasteiger partial charge in [-0.15, -0.1) is 0 Å². The van der Waals surface area contributed by atoms with Crippen LogP contribution in [0.3, 0.4) is 0 Å². The maximum absolute atomic E-state index is 13.0. The Morgan fingerprint density at radius 1 is 1.17 bits per heavy atom. The summed E-state index contributed by atoms with van der Waals surface area (Å²) in [6, 6.07) is 12.1. The average Bonchev–Trinajstić information content (AvgIpc) is 3.38. The molecule has 1 saturated heterocycles. The molecule has 1 N–H and O–H groups in total. The second-order valence-electron chi connectivity index (χ2n) is 7.67. The van der Waals surface area contributed by atoms with Crippen molar-refractivity contribution in [3.05, 3.63) is 65.5 Å². The number of carbonyl (C=O) groups excluding carboxylic acids is 2. The zero-order valence-corrected chi connectivity index (χ0v) is 18.5. The molecule has 1 atom stereocenters. The van der Waals surface area contributed by atoms with E-state index in [2.05, 4.69) is 20.0 Å². The number of hydrogen-bond acceptors (Lipinski definition) is 7. The lowest BCUT2D eigenvalue weighted by Gasteiger charge is -2.35. The molecule has 12 heteroatoms. The lowest BCUT2D eigenvalue weighted by Crippen LogP contribution is -2.53. The topological polar surface area (TPSA) is 107 Å². The van der Waals surface area contributed by atoms with Crippen LogP contribution < -0.4 is 10.1 Å². The van der Waals surface area contributed by atoms with E-state index in [-0.39, 0.29) is 42.1 Å². The molecule has 1 aliphatic heterocycles. The van der Waals surface area contributed by atoms with Gasteiger partial charge in [-0.3, -0.25) is 9.59 Å². The van der Waals surface area contributed by atoms with Crippen LogP contribution in [0, 0.1) is 0 Å². The molecule has 2 aromatic carbocycles. The zero-order chi connectivity index (χ0) is 25.0. The fraction of sp³-hybridized carbons (Fsp3) is 0.304. The monoisotopic (exact) mass is 490 g/mol. The number of amides is 2. The van der Waals surface area contributed by atoms with Crippen molar-refractivity contribution < 1.29 is 36.8 Å². The average molecular weight is 490 g/mol. The Morgan fingerprint density at radius 3 is 2.63 bits per heavy atom. The Hall–Kier alpha value is -3.93. The van der Waals surface area contributed by atoms with E-state index in [4.69, 9.17) is 9.47 Å². The van der Waals surface area contributed by atoms with Crippen LogP contribution >= 0.6 is 0 Å². The molecule has 0 saturated carbocycles. The number of benzene rings is 2. The highest BCUT2D eigenvalue weighted by Crippen LogP contribution is 2.29. The largest absolute Gasteiger partial charge is 0.497 e. The first kappa shape index (κ1) is 24.2. The Bertz CT molecular complexity index is 1200. The van der Waals surface area contributed by atoms with Gasteiger partial charge >= 0.3 is 12.1 Å². The van der Waals surface area contributed by atoms with Crippen LogP contribution in [0.5, 0.6) is 5.75 Å². The smallest absolute Gasteiger partial charge is 0.471 e. The standard InChI is InChI=1S/C23H21F3N4O5/c1-33-18-4-2-3-16(11-18)21(32)30-9-10-34-13-17(30)12-27-20(31)15-7-5-14(6-8-15)19-28-22(35-29-19)23(24,25)26/h2-8,11,17H,9-10,12-13H2,1H3,(H,27,31)/t17-/m0/s1. The summed E-state index contributed by atoms with van der Waals surface area (Å²) in [6.45, 7) is 1.16. The van der Waals surface area contributed by atoms with E-state index in [0.717, 1.165) is 0 Å². The van der Waals surface area contributed by atoms with Crippen LogP contribution in [0.15, 0.2) is 53.1 Å². The molecule has 0 bridgehead atoms. The fourth-order valence-electron chi connectivity index (χ4n) is 3.55. The third-order valence-electron chi connectivity index (χ3n) is 5.38. The SMILES string of the molecule is COc1cccc(C(=O)N2CCOC[C@@H]2CNC(=O)c2ccc(-c3noc(C(F)(F)F)n3)cc2)c1. The van der Waals surface area contributed by atoms with Crippen LogP contribution in [-0.4, -0.2) is 66.3 Å². The van der Waals surface area contributed by atoms with Gasteiger partial charge in [0.2, 0.25) is 5.82 Å². The van der Waals surface area contributed by atoms with Crippen LogP contribution in [0.25, 0.3) is 11.4 Å². The van der Waals surface area contributed by atoms with Gasteiger partial charge in [-0.05, 0) is 30.3 Å². The number of nitrogens with zero attached hydrogens (tertiary/aromatic N) is 3. The lowest BCUT2D eigenvalue weighted by atomic mass is 10.1. The molecule has 9 nitrogen and oxygen atoms in total. The first-order chi connectivity index (χ1) is 16.8. The summed E-state index contributed by atoms with van der Waals surface area (Å²) in [4.78, 5) is 30.6. The van der Waals surface area contributed by atoms with Gasteiger partial charge in [0.1, 0.15) is 5.75 Å². The van der Waals surface area contributed by atoms with Crippen LogP contribution in [0.2, 0.25) is 0 Å². The molecule has 3 aromatic rings. The molecule has 35 heavy (non-hydrogen) atoms. The fourth-order valence-corrected chi connectivity index (χ4v) is 3.55. The van der Waals surface area contributed by atoms with Crippen LogP contribution in [0.1, 0.15) is 26.6 Å². The molecular weight excluding hydrogens is 469 g/mol. The van der Waals surface area contributed by atoms with Crippen molar-refractivity contribution in [2.75, 3.05) is 33.4 Å². The molecule has 0 spiro atoms.